The van der Waals surface area contributed by atoms with Crippen LogP contribution in [0.15, 0.2) is 36.5 Å². The summed E-state index contributed by atoms with van der Waals surface area (Å²) in [5.74, 6) is -0.191. The Morgan fingerprint density at radius 3 is 1.31 bits per heavy atom. The Kier molecular flexibility index (Phi) is 42.7. The third-order valence-electron chi connectivity index (χ3n) is 12.9. The van der Waals surface area contributed by atoms with Crippen molar-refractivity contribution in [2.45, 2.75) is 294 Å². The van der Waals surface area contributed by atoms with Crippen molar-refractivity contribution in [2.75, 3.05) is 13.2 Å². The van der Waals surface area contributed by atoms with Gasteiger partial charge in [-0.2, -0.15) is 0 Å². The van der Waals surface area contributed by atoms with E-state index >= 15 is 0 Å². The van der Waals surface area contributed by atoms with E-state index in [0.29, 0.717) is 6.42 Å². The summed E-state index contributed by atoms with van der Waals surface area (Å²) in [6.45, 7) is 3.76. The summed E-state index contributed by atoms with van der Waals surface area (Å²) in [6.07, 6.45) is 50.9. The molecule has 0 bridgehead atoms. The van der Waals surface area contributed by atoms with E-state index < -0.39 is 49.5 Å². The lowest BCUT2D eigenvalue weighted by Gasteiger charge is -2.40. The summed E-state index contributed by atoms with van der Waals surface area (Å²) in [4.78, 5) is 12.9. The molecule has 7 unspecified atom stereocenters. The molecule has 0 aromatic carbocycles. The average molecular weight is 906 g/mol. The number of nitrogens with one attached hydrogen (secondary N) is 1. The molecule has 1 fully saturated rings. The second-order valence-electron chi connectivity index (χ2n) is 19.0. The highest BCUT2D eigenvalue weighted by atomic mass is 16.7. The fraction of sp³-hybridized carbons (Fsp3) is 0.873. The molecule has 0 aromatic rings. The molecular formula is C55H103NO8. The zero-order valence-corrected chi connectivity index (χ0v) is 41.5. The SMILES string of the molecule is CCCCCCCCCCCCCCCCCCCCCC/C=C/CC/C=C/CC/C=C/C(O)C(COC1OC(CO)C(O)C(O)C1O)NC(=O)CCCCCCCCCCCCC. The third kappa shape index (κ3) is 34.7. The van der Waals surface area contributed by atoms with Gasteiger partial charge in [0.15, 0.2) is 6.29 Å². The highest BCUT2D eigenvalue weighted by Gasteiger charge is 2.44. The summed E-state index contributed by atoms with van der Waals surface area (Å²) < 4.78 is 11.2. The minimum absolute atomic E-state index is 0.191. The lowest BCUT2D eigenvalue weighted by atomic mass is 9.99. The number of rotatable bonds is 46. The van der Waals surface area contributed by atoms with Crippen LogP contribution in [0.3, 0.4) is 0 Å². The number of ether oxygens (including phenoxy) is 2. The maximum Gasteiger partial charge on any atom is 0.220 e. The predicted octanol–water partition coefficient (Wildman–Crippen LogP) is 12.8. The number of aliphatic hydroxyl groups is 5. The van der Waals surface area contributed by atoms with Crippen molar-refractivity contribution < 1.29 is 39.8 Å². The molecule has 1 aliphatic heterocycles. The molecule has 0 spiro atoms. The standard InChI is InChI=1S/C55H103NO8/c1-3-5-7-9-11-13-15-16-17-18-19-20-21-22-23-24-25-26-27-28-29-30-31-32-33-35-36-38-40-42-44-49(58)48(47-63-55-54(62)53(61)52(60)50(46-57)64-55)56-51(59)45-43-41-39-37-34-14-12-10-8-6-4-2/h30-31,35-36,42,44,48-50,52-55,57-58,60-62H,3-29,32-34,37-41,43,45-47H2,1-2H3,(H,56,59)/b31-30+,36-35+,44-42+. The molecule has 0 aliphatic carbocycles. The fourth-order valence-electron chi connectivity index (χ4n) is 8.60. The first kappa shape index (κ1) is 60.4. The fourth-order valence-corrected chi connectivity index (χ4v) is 8.60. The number of hydrogen-bond acceptors (Lipinski definition) is 8. The Balaban J connectivity index is 2.21. The number of hydrogen-bond donors (Lipinski definition) is 6. The Hall–Kier alpha value is -1.59. The van der Waals surface area contributed by atoms with Crippen LogP contribution in [0, 0.1) is 0 Å². The van der Waals surface area contributed by atoms with E-state index in [1.165, 1.54) is 186 Å². The van der Waals surface area contributed by atoms with Gasteiger partial charge in [0, 0.05) is 6.42 Å². The number of allylic oxidation sites excluding steroid dienone is 5. The second-order valence-corrected chi connectivity index (χ2v) is 19.0. The summed E-state index contributed by atoms with van der Waals surface area (Å²) in [6, 6.07) is -0.824. The van der Waals surface area contributed by atoms with E-state index in [9.17, 15) is 30.3 Å². The number of carbonyl (C=O) groups is 1. The minimum Gasteiger partial charge on any atom is -0.394 e. The van der Waals surface area contributed by atoms with Gasteiger partial charge in [-0.05, 0) is 44.9 Å². The van der Waals surface area contributed by atoms with Crippen LogP contribution < -0.4 is 5.32 Å². The summed E-state index contributed by atoms with van der Waals surface area (Å²) >= 11 is 0. The van der Waals surface area contributed by atoms with Gasteiger partial charge in [-0.1, -0.05) is 237 Å². The number of amides is 1. The highest BCUT2D eigenvalue weighted by molar-refractivity contribution is 5.76. The van der Waals surface area contributed by atoms with Crippen molar-refractivity contribution >= 4 is 5.91 Å². The molecule has 1 heterocycles. The van der Waals surface area contributed by atoms with E-state index in [1.807, 2.05) is 6.08 Å². The van der Waals surface area contributed by atoms with Crippen molar-refractivity contribution in [1.82, 2.24) is 5.32 Å². The van der Waals surface area contributed by atoms with Gasteiger partial charge < -0.3 is 40.3 Å². The van der Waals surface area contributed by atoms with Gasteiger partial charge in [-0.25, -0.2) is 0 Å². The van der Waals surface area contributed by atoms with Crippen molar-refractivity contribution in [2.24, 2.45) is 0 Å². The Labute approximate surface area is 393 Å². The summed E-state index contributed by atoms with van der Waals surface area (Å²) in [5.41, 5.74) is 0. The molecule has 64 heavy (non-hydrogen) atoms. The average Bonchev–Trinajstić information content (AvgIpc) is 3.29. The molecule has 1 aliphatic rings. The third-order valence-corrected chi connectivity index (χ3v) is 12.9. The first-order chi connectivity index (χ1) is 31.3. The van der Waals surface area contributed by atoms with Gasteiger partial charge in [0.1, 0.15) is 24.4 Å². The van der Waals surface area contributed by atoms with Crippen LogP contribution in [0.5, 0.6) is 0 Å². The van der Waals surface area contributed by atoms with Crippen LogP contribution in [0.1, 0.15) is 251 Å². The van der Waals surface area contributed by atoms with Crippen LogP contribution in [0.4, 0.5) is 0 Å². The van der Waals surface area contributed by atoms with Gasteiger partial charge in [-0.15, -0.1) is 0 Å². The largest absolute Gasteiger partial charge is 0.394 e. The molecule has 9 heteroatoms. The van der Waals surface area contributed by atoms with Gasteiger partial charge in [-0.3, -0.25) is 4.79 Å². The summed E-state index contributed by atoms with van der Waals surface area (Å²) in [5, 5.41) is 54.2. The van der Waals surface area contributed by atoms with Gasteiger partial charge >= 0.3 is 0 Å². The van der Waals surface area contributed by atoms with Crippen molar-refractivity contribution in [3.8, 4) is 0 Å². The lowest BCUT2D eigenvalue weighted by molar-refractivity contribution is -0.302. The van der Waals surface area contributed by atoms with Crippen LogP contribution >= 0.6 is 0 Å². The van der Waals surface area contributed by atoms with Crippen LogP contribution in [-0.4, -0.2) is 87.5 Å². The lowest BCUT2D eigenvalue weighted by Crippen LogP contribution is -2.60. The van der Waals surface area contributed by atoms with Crippen LogP contribution in [0.25, 0.3) is 0 Å². The molecule has 0 aromatic heterocycles. The smallest absolute Gasteiger partial charge is 0.220 e. The van der Waals surface area contributed by atoms with E-state index in [0.717, 1.165) is 44.9 Å². The van der Waals surface area contributed by atoms with Crippen LogP contribution in [0.2, 0.25) is 0 Å². The van der Waals surface area contributed by atoms with Crippen molar-refractivity contribution in [3.63, 3.8) is 0 Å². The molecule has 0 saturated carbocycles. The minimum atomic E-state index is -1.57. The molecule has 376 valence electrons. The molecule has 0 radical (unpaired) electrons. The zero-order valence-electron chi connectivity index (χ0n) is 41.5. The van der Waals surface area contributed by atoms with Gasteiger partial charge in [0.2, 0.25) is 5.91 Å². The number of aliphatic hydroxyl groups excluding tert-OH is 5. The molecule has 9 nitrogen and oxygen atoms in total. The maximum absolute atomic E-state index is 12.9. The van der Waals surface area contributed by atoms with E-state index in [-0.39, 0.29) is 12.5 Å². The zero-order chi connectivity index (χ0) is 46.6. The van der Waals surface area contributed by atoms with E-state index in [1.54, 1.807) is 6.08 Å². The molecule has 1 rings (SSSR count). The van der Waals surface area contributed by atoms with Gasteiger partial charge in [0.25, 0.3) is 0 Å². The number of carbonyl (C=O) groups excluding carboxylic acids is 1. The monoisotopic (exact) mass is 906 g/mol. The maximum atomic E-state index is 12.9. The van der Waals surface area contributed by atoms with Crippen LogP contribution in [-0.2, 0) is 14.3 Å². The molecule has 1 saturated heterocycles. The quantitative estimate of drug-likeness (QED) is 0.0261. The van der Waals surface area contributed by atoms with E-state index in [4.69, 9.17) is 9.47 Å². The van der Waals surface area contributed by atoms with Crippen molar-refractivity contribution in [3.05, 3.63) is 36.5 Å². The molecule has 7 atom stereocenters. The topological polar surface area (TPSA) is 149 Å². The number of unbranched alkanes of at least 4 members (excludes halogenated alkanes) is 32. The van der Waals surface area contributed by atoms with Crippen molar-refractivity contribution in [1.29, 1.82) is 0 Å². The Morgan fingerprint density at radius 2 is 0.891 bits per heavy atom. The second kappa shape index (κ2) is 45.2. The normalized spacial score (nSPS) is 20.3. The molecule has 6 N–H and O–H groups in total. The first-order valence-corrected chi connectivity index (χ1v) is 27.2. The molecule has 1 amide bonds. The predicted molar refractivity (Wildman–Crippen MR) is 267 cm³/mol. The summed E-state index contributed by atoms with van der Waals surface area (Å²) in [7, 11) is 0. The highest BCUT2D eigenvalue weighted by Crippen LogP contribution is 2.23. The molecular weight excluding hydrogens is 803 g/mol. The van der Waals surface area contributed by atoms with Gasteiger partial charge in [0.05, 0.1) is 25.4 Å². The van der Waals surface area contributed by atoms with E-state index in [2.05, 4.69) is 43.5 Å². The Bertz CT molecular complexity index is 1100. The Morgan fingerprint density at radius 1 is 0.516 bits per heavy atom. The first-order valence-electron chi connectivity index (χ1n) is 27.2.